The molecule has 0 bridgehead atoms. The second-order valence-electron chi connectivity index (χ2n) is 7.39. The molecule has 0 saturated heterocycles. The van der Waals surface area contributed by atoms with Crippen LogP contribution in [0.15, 0.2) is 67.4 Å². The molecule has 206 valence electrons. The quantitative estimate of drug-likeness (QED) is 0.131. The number of benzene rings is 3. The molecule has 6 N–H and O–H groups in total. The summed E-state index contributed by atoms with van der Waals surface area (Å²) in [5.41, 5.74) is 4.52. The number of azo groups is 1. The Kier molecular flexibility index (Phi) is 7.83. The third kappa shape index (κ3) is 6.79. The van der Waals surface area contributed by atoms with Crippen LogP contribution in [-0.2, 0) is 44.7 Å². The normalized spacial score (nSPS) is 13.3. The maximum absolute atomic E-state index is 12.4. The van der Waals surface area contributed by atoms with E-state index in [2.05, 4.69) is 14.4 Å². The van der Waals surface area contributed by atoms with Gasteiger partial charge in [-0.25, -0.2) is 12.6 Å². The average Bonchev–Trinajstić information content (AvgIpc) is 2.75. The number of hydrogen-bond donors (Lipinski definition) is 5. The van der Waals surface area contributed by atoms with Crippen molar-refractivity contribution in [2.75, 3.05) is 18.1 Å². The highest BCUT2D eigenvalue weighted by Crippen LogP contribution is 2.43. The zero-order chi connectivity index (χ0) is 28.7. The standard InChI is InChI=1S/C18H17N3O13S4/c19-17-16-10(6-13(9-14(16)22)36(25,26)27)7-15(37(28,29)30)18(17)21-20-11-2-1-3-12(8-11)35(23,24)5-4-34-38(31,32)33/h1-3,6-9,22H,4-5,19H2,(H,25,26,27)(H,28,29,30)(H,31,32,33). The van der Waals surface area contributed by atoms with Crippen molar-refractivity contribution in [3.63, 3.8) is 0 Å². The smallest absolute Gasteiger partial charge is 0.397 e. The van der Waals surface area contributed by atoms with E-state index in [1.165, 1.54) is 12.1 Å². The van der Waals surface area contributed by atoms with Crippen molar-refractivity contribution < 1.29 is 56.6 Å². The molecule has 0 saturated carbocycles. The molecule has 3 rings (SSSR count). The number of nitrogens with zero attached hydrogens (tertiary/aromatic N) is 2. The zero-order valence-electron chi connectivity index (χ0n) is 18.5. The summed E-state index contributed by atoms with van der Waals surface area (Å²) in [7, 11) is -18.9. The molecule has 0 amide bonds. The van der Waals surface area contributed by atoms with Gasteiger partial charge in [0.05, 0.1) is 33.5 Å². The van der Waals surface area contributed by atoms with E-state index >= 15 is 0 Å². The van der Waals surface area contributed by atoms with Crippen molar-refractivity contribution in [3.8, 4) is 5.75 Å². The van der Waals surface area contributed by atoms with E-state index in [-0.39, 0.29) is 21.4 Å². The molecule has 0 heterocycles. The van der Waals surface area contributed by atoms with Crippen molar-refractivity contribution in [3.05, 3.63) is 42.5 Å². The molecule has 0 atom stereocenters. The topological polar surface area (TPSA) is 277 Å². The largest absolute Gasteiger partial charge is 0.507 e. The second-order valence-corrected chi connectivity index (χ2v) is 13.4. The van der Waals surface area contributed by atoms with Gasteiger partial charge in [-0.1, -0.05) is 6.07 Å². The predicted molar refractivity (Wildman–Crippen MR) is 130 cm³/mol. The highest BCUT2D eigenvalue weighted by atomic mass is 32.3. The van der Waals surface area contributed by atoms with Crippen LogP contribution in [0.25, 0.3) is 10.8 Å². The minimum Gasteiger partial charge on any atom is -0.507 e. The molecule has 0 radical (unpaired) electrons. The molecule has 0 unspecified atom stereocenters. The highest BCUT2D eigenvalue weighted by molar-refractivity contribution is 7.91. The summed E-state index contributed by atoms with van der Waals surface area (Å²) in [6.07, 6.45) is 0. The molecular weight excluding hydrogens is 594 g/mol. The number of hydrogen-bond acceptors (Lipinski definition) is 13. The van der Waals surface area contributed by atoms with Crippen LogP contribution in [0.3, 0.4) is 0 Å². The van der Waals surface area contributed by atoms with Crippen LogP contribution in [0.5, 0.6) is 5.75 Å². The number of fused-ring (bicyclic) bond motifs is 1. The fraction of sp³-hybridized carbons (Fsp3) is 0.111. The van der Waals surface area contributed by atoms with Crippen molar-refractivity contribution >= 4 is 68.3 Å². The summed E-state index contributed by atoms with van der Waals surface area (Å²) >= 11 is 0. The maximum Gasteiger partial charge on any atom is 0.397 e. The lowest BCUT2D eigenvalue weighted by atomic mass is 10.1. The first-order chi connectivity index (χ1) is 17.3. The number of aromatic hydroxyl groups is 1. The van der Waals surface area contributed by atoms with Gasteiger partial charge in [-0.15, -0.1) is 5.11 Å². The number of sulfone groups is 1. The highest BCUT2D eigenvalue weighted by Gasteiger charge is 2.24. The Bertz CT molecular complexity index is 1900. The van der Waals surface area contributed by atoms with Crippen LogP contribution in [0.4, 0.5) is 17.1 Å². The number of nitrogen functional groups attached to an aromatic ring is 1. The molecule has 0 aliphatic rings. The van der Waals surface area contributed by atoms with Crippen LogP contribution in [0, 0.1) is 0 Å². The fourth-order valence-electron chi connectivity index (χ4n) is 3.15. The van der Waals surface area contributed by atoms with Gasteiger partial charge in [0, 0.05) is 11.5 Å². The van der Waals surface area contributed by atoms with Crippen molar-refractivity contribution in [2.45, 2.75) is 14.7 Å². The average molecular weight is 612 g/mol. The molecule has 20 heteroatoms. The second kappa shape index (κ2) is 10.1. The van der Waals surface area contributed by atoms with Crippen molar-refractivity contribution in [1.82, 2.24) is 0 Å². The number of phenols is 1. The van der Waals surface area contributed by atoms with E-state index in [1.54, 1.807) is 0 Å². The summed E-state index contributed by atoms with van der Waals surface area (Å²) in [5.74, 6) is -1.63. The van der Waals surface area contributed by atoms with E-state index in [4.69, 9.17) is 10.3 Å². The molecule has 38 heavy (non-hydrogen) atoms. The monoisotopic (exact) mass is 611 g/mol. The summed E-state index contributed by atoms with van der Waals surface area (Å²) in [6, 6.07) is 6.73. The van der Waals surface area contributed by atoms with E-state index < -0.39 is 79.7 Å². The van der Waals surface area contributed by atoms with Gasteiger partial charge in [-0.3, -0.25) is 13.7 Å². The van der Waals surface area contributed by atoms with Gasteiger partial charge in [0.25, 0.3) is 20.2 Å². The van der Waals surface area contributed by atoms with E-state index in [9.17, 15) is 47.9 Å². The number of nitrogens with two attached hydrogens (primary N) is 1. The molecule has 0 spiro atoms. The van der Waals surface area contributed by atoms with Gasteiger partial charge in [0.1, 0.15) is 16.3 Å². The van der Waals surface area contributed by atoms with Crippen LogP contribution < -0.4 is 5.73 Å². The minimum absolute atomic E-state index is 0.173. The Morgan fingerprint density at radius 1 is 0.816 bits per heavy atom. The Hall–Kier alpha value is -3.24. The number of anilines is 1. The lowest BCUT2D eigenvalue weighted by Crippen LogP contribution is -2.15. The third-order valence-electron chi connectivity index (χ3n) is 4.77. The van der Waals surface area contributed by atoms with E-state index in [0.717, 1.165) is 24.3 Å². The van der Waals surface area contributed by atoms with Gasteiger partial charge < -0.3 is 10.8 Å². The van der Waals surface area contributed by atoms with E-state index in [1.807, 2.05) is 0 Å². The number of rotatable bonds is 9. The molecule has 3 aromatic rings. The molecule has 3 aromatic carbocycles. The summed E-state index contributed by atoms with van der Waals surface area (Å²) < 4.78 is 124. The fourth-order valence-corrected chi connectivity index (χ4v) is 5.88. The molecular formula is C18H17N3O13S4. The number of phenolic OH excluding ortho intramolecular Hbond substituents is 1. The maximum atomic E-state index is 12.4. The van der Waals surface area contributed by atoms with Gasteiger partial charge in [-0.2, -0.15) is 30.4 Å². The molecule has 0 aliphatic carbocycles. The lowest BCUT2D eigenvalue weighted by Gasteiger charge is -2.12. The predicted octanol–water partition coefficient (Wildman–Crippen LogP) is 1.63. The van der Waals surface area contributed by atoms with Crippen LogP contribution in [-0.4, -0.2) is 64.8 Å². The minimum atomic E-state index is -5.07. The third-order valence-corrected chi connectivity index (χ3v) is 8.61. The summed E-state index contributed by atoms with van der Waals surface area (Å²) in [5, 5.41) is 17.1. The Balaban J connectivity index is 2.11. The first kappa shape index (κ1) is 29.3. The Morgan fingerprint density at radius 2 is 1.47 bits per heavy atom. The van der Waals surface area contributed by atoms with Crippen LogP contribution in [0.1, 0.15) is 0 Å². The van der Waals surface area contributed by atoms with Crippen LogP contribution in [0.2, 0.25) is 0 Å². The van der Waals surface area contributed by atoms with Gasteiger partial charge >= 0.3 is 10.4 Å². The molecule has 0 aliphatic heterocycles. The molecule has 16 nitrogen and oxygen atoms in total. The first-order valence-electron chi connectivity index (χ1n) is 9.70. The summed E-state index contributed by atoms with van der Waals surface area (Å²) in [6.45, 7) is -0.888. The van der Waals surface area contributed by atoms with E-state index in [0.29, 0.717) is 6.07 Å². The molecule has 0 aromatic heterocycles. The zero-order valence-corrected chi connectivity index (χ0v) is 21.8. The van der Waals surface area contributed by atoms with Crippen molar-refractivity contribution in [2.24, 2.45) is 10.2 Å². The van der Waals surface area contributed by atoms with Gasteiger partial charge in [0.15, 0.2) is 9.84 Å². The van der Waals surface area contributed by atoms with Crippen LogP contribution >= 0.6 is 0 Å². The summed E-state index contributed by atoms with van der Waals surface area (Å²) in [4.78, 5) is -2.12. The van der Waals surface area contributed by atoms with Crippen molar-refractivity contribution in [1.29, 1.82) is 0 Å². The Labute approximate surface area is 215 Å². The lowest BCUT2D eigenvalue weighted by molar-refractivity contribution is 0.284. The molecule has 0 fully saturated rings. The van der Waals surface area contributed by atoms with Gasteiger partial charge in [-0.05, 0) is 35.7 Å². The first-order valence-corrected chi connectivity index (χ1v) is 15.6. The Morgan fingerprint density at radius 3 is 2.05 bits per heavy atom. The SMILES string of the molecule is Nc1c(N=Nc2cccc(S(=O)(=O)CCOS(=O)(=O)O)c2)c(S(=O)(=O)O)cc2cc(S(=O)(=O)O)cc(O)c12. The van der Waals surface area contributed by atoms with Gasteiger partial charge in [0.2, 0.25) is 0 Å².